The monoisotopic (exact) mass is 455 g/mol. The Morgan fingerprint density at radius 2 is 1.56 bits per heavy atom. The van der Waals surface area contributed by atoms with E-state index in [9.17, 15) is 14.4 Å². The molecule has 0 saturated carbocycles. The molecule has 0 aliphatic rings. The molecule has 0 saturated heterocycles. The molecule has 0 aliphatic heterocycles. The molecule has 2 aromatic heterocycles. The molecule has 2 heterocycles. The number of para-hydroxylation sites is 2. The largest absolute Gasteiger partial charge is 0.415 e. The van der Waals surface area contributed by atoms with Gasteiger partial charge in [0, 0.05) is 30.4 Å². The van der Waals surface area contributed by atoms with Gasteiger partial charge in [-0.1, -0.05) is 48.5 Å². The second kappa shape index (κ2) is 10.0. The van der Waals surface area contributed by atoms with E-state index in [1.54, 1.807) is 40.9 Å². The number of pyridine rings is 1. The summed E-state index contributed by atoms with van der Waals surface area (Å²) in [5, 5.41) is 2.62. The normalized spacial score (nSPS) is 10.6. The topological polar surface area (TPSA) is 80.1 Å². The Balaban J connectivity index is 1.65. The van der Waals surface area contributed by atoms with E-state index >= 15 is 0 Å². The van der Waals surface area contributed by atoms with Crippen LogP contribution in [-0.2, 0) is 4.79 Å². The number of carbonyl (C=O) groups is 3. The van der Waals surface area contributed by atoms with Gasteiger partial charge in [-0.15, -0.1) is 0 Å². The molecule has 0 bridgehead atoms. The Morgan fingerprint density at radius 3 is 2.29 bits per heavy atom. The smallest absolute Gasteiger partial charge is 0.408 e. The summed E-state index contributed by atoms with van der Waals surface area (Å²) in [5.41, 5.74) is 2.79. The van der Waals surface area contributed by atoms with Crippen LogP contribution in [0.15, 0.2) is 85.1 Å². The quantitative estimate of drug-likeness (QED) is 0.304. The molecule has 4 aromatic rings. The van der Waals surface area contributed by atoms with Gasteiger partial charge in [0.15, 0.2) is 5.75 Å². The van der Waals surface area contributed by atoms with E-state index in [1.165, 1.54) is 4.90 Å². The maximum absolute atomic E-state index is 13.4. The molecule has 7 heteroatoms. The highest BCUT2D eigenvalue weighted by Crippen LogP contribution is 2.29. The molecule has 0 unspecified atom stereocenters. The number of benzene rings is 2. The van der Waals surface area contributed by atoms with E-state index in [4.69, 9.17) is 4.74 Å². The van der Waals surface area contributed by atoms with Crippen LogP contribution in [0.1, 0.15) is 24.3 Å². The second-order valence-corrected chi connectivity index (χ2v) is 7.59. The van der Waals surface area contributed by atoms with Crippen LogP contribution in [-0.4, -0.2) is 40.2 Å². The van der Waals surface area contributed by atoms with Gasteiger partial charge in [-0.2, -0.15) is 0 Å². The Hall–Kier alpha value is -4.39. The SMILES string of the molecule is CCN(CC)C(=O)Oc1ccccc1NC(=O)C(=O)c1c(-c2ccccc2)cc2ccccn12. The van der Waals surface area contributed by atoms with Gasteiger partial charge in [0.05, 0.1) is 5.69 Å². The first-order chi connectivity index (χ1) is 16.5. The van der Waals surface area contributed by atoms with E-state index in [0.717, 1.165) is 11.1 Å². The molecular formula is C27H25N3O4. The third-order valence-electron chi connectivity index (χ3n) is 5.54. The molecule has 7 nitrogen and oxygen atoms in total. The Bertz CT molecular complexity index is 1340. The maximum atomic E-state index is 13.4. The molecule has 0 aliphatic carbocycles. The van der Waals surface area contributed by atoms with Crippen molar-refractivity contribution >= 4 is 29.0 Å². The highest BCUT2D eigenvalue weighted by molar-refractivity contribution is 6.47. The van der Waals surface area contributed by atoms with E-state index in [0.29, 0.717) is 18.7 Å². The van der Waals surface area contributed by atoms with Crippen LogP contribution in [0.25, 0.3) is 16.6 Å². The van der Waals surface area contributed by atoms with Crippen molar-refractivity contribution in [3.8, 4) is 16.9 Å². The summed E-state index contributed by atoms with van der Waals surface area (Å²) >= 11 is 0. The number of nitrogens with one attached hydrogen (secondary N) is 1. The Kier molecular flexibility index (Phi) is 6.73. The zero-order valence-electron chi connectivity index (χ0n) is 19.0. The molecule has 34 heavy (non-hydrogen) atoms. The average Bonchev–Trinajstić information content (AvgIpc) is 3.25. The van der Waals surface area contributed by atoms with Crippen LogP contribution in [0, 0.1) is 0 Å². The van der Waals surface area contributed by atoms with Crippen molar-refractivity contribution in [2.24, 2.45) is 0 Å². The Morgan fingerprint density at radius 1 is 0.882 bits per heavy atom. The van der Waals surface area contributed by atoms with Gasteiger partial charge >= 0.3 is 6.09 Å². The van der Waals surface area contributed by atoms with E-state index < -0.39 is 17.8 Å². The highest BCUT2D eigenvalue weighted by atomic mass is 16.6. The maximum Gasteiger partial charge on any atom is 0.415 e. The minimum absolute atomic E-state index is 0.170. The number of carbonyl (C=O) groups excluding carboxylic acids is 3. The first kappa shape index (κ1) is 22.8. The number of hydrogen-bond acceptors (Lipinski definition) is 4. The summed E-state index contributed by atoms with van der Waals surface area (Å²) in [6.07, 6.45) is 1.23. The molecule has 0 radical (unpaired) electrons. The van der Waals surface area contributed by atoms with Crippen LogP contribution < -0.4 is 10.1 Å². The standard InChI is InChI=1S/C27H25N3O4/c1-3-29(4-2)27(33)34-23-16-9-8-15-22(23)28-26(32)25(31)24-21(19-12-6-5-7-13-19)18-20-14-10-11-17-30(20)24/h5-18H,3-4H2,1-2H3,(H,28,32). The average molecular weight is 456 g/mol. The molecular weight excluding hydrogens is 430 g/mol. The number of aromatic nitrogens is 1. The first-order valence-electron chi connectivity index (χ1n) is 11.1. The summed E-state index contributed by atoms with van der Waals surface area (Å²) in [6, 6.07) is 23.4. The Labute approximate surface area is 197 Å². The lowest BCUT2D eigenvalue weighted by Crippen LogP contribution is -2.33. The van der Waals surface area contributed by atoms with Crippen molar-refractivity contribution in [2.75, 3.05) is 18.4 Å². The number of rotatable bonds is 7. The van der Waals surface area contributed by atoms with Crippen LogP contribution in [0.3, 0.4) is 0 Å². The third-order valence-corrected chi connectivity index (χ3v) is 5.54. The van der Waals surface area contributed by atoms with Gasteiger partial charge < -0.3 is 19.4 Å². The van der Waals surface area contributed by atoms with Gasteiger partial charge in [0.1, 0.15) is 5.69 Å². The van der Waals surface area contributed by atoms with E-state index in [1.807, 2.05) is 62.4 Å². The van der Waals surface area contributed by atoms with Crippen molar-refractivity contribution in [2.45, 2.75) is 13.8 Å². The molecule has 0 fully saturated rings. The molecule has 0 spiro atoms. The first-order valence-corrected chi connectivity index (χ1v) is 11.1. The fourth-order valence-electron chi connectivity index (χ4n) is 3.78. The minimum Gasteiger partial charge on any atom is -0.408 e. The lowest BCUT2D eigenvalue weighted by atomic mass is 10.0. The number of ether oxygens (including phenoxy) is 1. The number of fused-ring (bicyclic) bond motifs is 1. The van der Waals surface area contributed by atoms with Crippen molar-refractivity contribution in [1.82, 2.24) is 9.30 Å². The summed E-state index contributed by atoms with van der Waals surface area (Å²) in [7, 11) is 0. The minimum atomic E-state index is -0.827. The third kappa shape index (κ3) is 4.54. The molecule has 0 atom stereocenters. The van der Waals surface area contributed by atoms with Gasteiger partial charge in [-0.05, 0) is 49.7 Å². The molecule has 4 rings (SSSR count). The van der Waals surface area contributed by atoms with E-state index in [-0.39, 0.29) is 17.1 Å². The number of hydrogen-bond donors (Lipinski definition) is 1. The van der Waals surface area contributed by atoms with Gasteiger partial charge in [-0.25, -0.2) is 4.79 Å². The molecule has 172 valence electrons. The fraction of sp³-hybridized carbons (Fsp3) is 0.148. The van der Waals surface area contributed by atoms with Crippen LogP contribution in [0.5, 0.6) is 5.75 Å². The molecule has 2 amide bonds. The number of Topliss-reactive ketones (excluding diaryl/α,β-unsaturated/α-hetero) is 1. The molecule has 2 aromatic carbocycles. The lowest BCUT2D eigenvalue weighted by Gasteiger charge is -2.19. The van der Waals surface area contributed by atoms with Crippen molar-refractivity contribution in [3.63, 3.8) is 0 Å². The zero-order chi connectivity index (χ0) is 24.1. The molecule has 1 N–H and O–H groups in total. The number of ketones is 1. The van der Waals surface area contributed by atoms with Crippen molar-refractivity contribution in [1.29, 1.82) is 0 Å². The second-order valence-electron chi connectivity index (χ2n) is 7.59. The summed E-state index contributed by atoms with van der Waals surface area (Å²) in [6.45, 7) is 4.68. The summed E-state index contributed by atoms with van der Waals surface area (Å²) in [5.74, 6) is -1.36. The van der Waals surface area contributed by atoms with Crippen molar-refractivity contribution < 1.29 is 19.1 Å². The lowest BCUT2D eigenvalue weighted by molar-refractivity contribution is -0.112. The van der Waals surface area contributed by atoms with E-state index in [2.05, 4.69) is 5.32 Å². The highest BCUT2D eigenvalue weighted by Gasteiger charge is 2.26. The zero-order valence-corrected chi connectivity index (χ0v) is 19.0. The predicted molar refractivity (Wildman–Crippen MR) is 131 cm³/mol. The van der Waals surface area contributed by atoms with Gasteiger partial charge in [-0.3, -0.25) is 9.59 Å². The summed E-state index contributed by atoms with van der Waals surface area (Å²) < 4.78 is 7.18. The number of nitrogens with zero attached hydrogens (tertiary/aromatic N) is 2. The van der Waals surface area contributed by atoms with Crippen LogP contribution in [0.4, 0.5) is 10.5 Å². The summed E-state index contributed by atoms with van der Waals surface area (Å²) in [4.78, 5) is 40.4. The van der Waals surface area contributed by atoms with Gasteiger partial charge in [0.2, 0.25) is 0 Å². The van der Waals surface area contributed by atoms with Crippen LogP contribution >= 0.6 is 0 Å². The van der Waals surface area contributed by atoms with Crippen molar-refractivity contribution in [3.05, 3.63) is 90.8 Å². The number of amides is 2. The number of anilines is 1. The fourth-order valence-corrected chi connectivity index (χ4v) is 3.78. The van der Waals surface area contributed by atoms with Gasteiger partial charge in [0.25, 0.3) is 11.7 Å². The van der Waals surface area contributed by atoms with Crippen LogP contribution in [0.2, 0.25) is 0 Å². The predicted octanol–water partition coefficient (Wildman–Crippen LogP) is 5.27.